The summed E-state index contributed by atoms with van der Waals surface area (Å²) in [4.78, 5) is 5.53. The summed E-state index contributed by atoms with van der Waals surface area (Å²) in [6.07, 6.45) is -0.118. The fraction of sp³-hybridized carbons (Fsp3) is 1.00. The second-order valence-electron chi connectivity index (χ2n) is 3.76. The normalized spacial score (nSPS) is 15.5. The van der Waals surface area contributed by atoms with Crippen LogP contribution in [0.2, 0.25) is 0 Å². The summed E-state index contributed by atoms with van der Waals surface area (Å²) in [7, 11) is 3.87. The van der Waals surface area contributed by atoms with E-state index < -0.39 is 0 Å². The Labute approximate surface area is 69.1 Å². The molecule has 0 rings (SSSR count). The van der Waals surface area contributed by atoms with Crippen molar-refractivity contribution in [3.8, 4) is 0 Å². The second kappa shape index (κ2) is 4.04. The van der Waals surface area contributed by atoms with E-state index in [0.717, 1.165) is 0 Å². The molecule has 0 heterocycles. The Morgan fingerprint density at radius 1 is 1.27 bits per heavy atom. The van der Waals surface area contributed by atoms with Gasteiger partial charge in [0.05, 0.1) is 14.1 Å². The summed E-state index contributed by atoms with van der Waals surface area (Å²) >= 11 is 0. The van der Waals surface area contributed by atoms with Crippen LogP contribution in [0.1, 0.15) is 20.8 Å². The highest BCUT2D eigenvalue weighted by Gasteiger charge is 2.20. The lowest BCUT2D eigenvalue weighted by Gasteiger charge is -2.29. The molecule has 11 heavy (non-hydrogen) atoms. The molecule has 0 bridgehead atoms. The van der Waals surface area contributed by atoms with Gasteiger partial charge >= 0.3 is 0 Å². The molecule has 0 saturated heterocycles. The molecular weight excluding hydrogens is 142 g/mol. The number of hydrogen-bond acceptors (Lipinski definition) is 2. The van der Waals surface area contributed by atoms with Gasteiger partial charge in [0, 0.05) is 0 Å². The van der Waals surface area contributed by atoms with Crippen LogP contribution >= 0.6 is 0 Å². The van der Waals surface area contributed by atoms with E-state index in [0.29, 0.717) is 11.2 Å². The van der Waals surface area contributed by atoms with E-state index in [1.54, 1.807) is 6.92 Å². The lowest BCUT2D eigenvalue weighted by atomic mass is 10.4. The minimum atomic E-state index is -0.316. The van der Waals surface area contributed by atoms with Crippen molar-refractivity contribution in [2.75, 3.05) is 20.6 Å². The zero-order valence-corrected chi connectivity index (χ0v) is 8.16. The lowest BCUT2D eigenvalue weighted by molar-refractivity contribution is -1.08. The van der Waals surface area contributed by atoms with Crippen molar-refractivity contribution in [1.82, 2.24) is 0 Å². The number of quaternary nitrogens is 1. The summed E-state index contributed by atoms with van der Waals surface area (Å²) in [5.41, 5.74) is 0. The molecule has 0 fully saturated rings. The fourth-order valence-electron chi connectivity index (χ4n) is 1.25. The maximum absolute atomic E-state index is 9.11. The van der Waals surface area contributed by atoms with Crippen molar-refractivity contribution < 1.29 is 14.6 Å². The van der Waals surface area contributed by atoms with Crippen molar-refractivity contribution in [2.45, 2.75) is 33.0 Å². The molecule has 1 atom stereocenters. The molecule has 0 aliphatic rings. The number of nitrogens with zero attached hydrogens (tertiary/aromatic N) is 1. The molecule has 0 saturated carbocycles. The maximum atomic E-state index is 9.11. The van der Waals surface area contributed by atoms with Gasteiger partial charge in [-0.1, -0.05) is 0 Å². The maximum Gasteiger partial charge on any atom is 0.134 e. The summed E-state index contributed by atoms with van der Waals surface area (Å²) in [6, 6.07) is 0. The van der Waals surface area contributed by atoms with Crippen LogP contribution in [0.25, 0.3) is 0 Å². The highest BCUT2D eigenvalue weighted by molar-refractivity contribution is 4.39. The number of hydrogen-bond donors (Lipinski definition) is 1. The molecular formula is C8H20NO2+. The third-order valence-corrected chi connectivity index (χ3v) is 1.20. The van der Waals surface area contributed by atoms with Gasteiger partial charge in [-0.05, 0) is 20.8 Å². The Balaban J connectivity index is 3.79. The molecule has 0 radical (unpaired) electrons. The predicted molar refractivity (Wildman–Crippen MR) is 44.9 cm³/mol. The minimum Gasteiger partial charge on any atom is -0.387 e. The van der Waals surface area contributed by atoms with Gasteiger partial charge in [-0.3, -0.25) is 0 Å². The zero-order valence-electron chi connectivity index (χ0n) is 8.16. The van der Waals surface area contributed by atoms with Gasteiger partial charge in [-0.15, -0.1) is 0 Å². The van der Waals surface area contributed by atoms with E-state index in [-0.39, 0.29) is 12.2 Å². The van der Waals surface area contributed by atoms with Crippen molar-refractivity contribution in [3.05, 3.63) is 0 Å². The highest BCUT2D eigenvalue weighted by Crippen LogP contribution is 2.04. The molecule has 1 N–H and O–H groups in total. The zero-order chi connectivity index (χ0) is 9.07. The van der Waals surface area contributed by atoms with E-state index in [1.807, 2.05) is 27.9 Å². The van der Waals surface area contributed by atoms with E-state index in [1.165, 1.54) is 0 Å². The fourth-order valence-corrected chi connectivity index (χ4v) is 1.25. The van der Waals surface area contributed by atoms with E-state index in [9.17, 15) is 0 Å². The smallest absolute Gasteiger partial charge is 0.134 e. The van der Waals surface area contributed by atoms with Gasteiger partial charge in [0.2, 0.25) is 0 Å². The molecule has 3 heteroatoms. The van der Waals surface area contributed by atoms with Crippen molar-refractivity contribution in [2.24, 2.45) is 0 Å². The standard InChI is InChI=1S/C8H20NO2/c1-7(2)11-9(4,5)6-8(3)10/h7-8,10H,6H2,1-5H3/q+1. The van der Waals surface area contributed by atoms with Crippen molar-refractivity contribution >= 4 is 0 Å². The van der Waals surface area contributed by atoms with Crippen LogP contribution in [0, 0.1) is 0 Å². The summed E-state index contributed by atoms with van der Waals surface area (Å²) in [6.45, 7) is 6.37. The van der Waals surface area contributed by atoms with Crippen LogP contribution in [0.5, 0.6) is 0 Å². The Hall–Kier alpha value is -0.120. The molecule has 0 amide bonds. The molecule has 0 aromatic rings. The molecule has 3 nitrogen and oxygen atoms in total. The monoisotopic (exact) mass is 162 g/mol. The topological polar surface area (TPSA) is 29.5 Å². The van der Waals surface area contributed by atoms with Crippen molar-refractivity contribution in [1.29, 1.82) is 0 Å². The number of aliphatic hydroxyl groups excluding tert-OH is 1. The van der Waals surface area contributed by atoms with Gasteiger partial charge in [-0.25, -0.2) is 4.84 Å². The number of hydroxylamine groups is 3. The van der Waals surface area contributed by atoms with Gasteiger partial charge in [-0.2, -0.15) is 4.65 Å². The first-order valence-electron chi connectivity index (χ1n) is 4.03. The molecule has 0 spiro atoms. The summed E-state index contributed by atoms with van der Waals surface area (Å²) < 4.78 is 0.412. The Morgan fingerprint density at radius 2 is 1.73 bits per heavy atom. The van der Waals surface area contributed by atoms with Crippen molar-refractivity contribution in [3.63, 3.8) is 0 Å². The first-order valence-corrected chi connectivity index (χ1v) is 4.03. The number of aliphatic hydroxyl groups is 1. The molecule has 0 aromatic heterocycles. The Bertz CT molecular complexity index is 98.7. The second-order valence-corrected chi connectivity index (χ2v) is 3.76. The molecule has 0 aromatic carbocycles. The summed E-state index contributed by atoms with van der Waals surface area (Å²) in [5.74, 6) is 0. The first kappa shape index (κ1) is 10.9. The average molecular weight is 162 g/mol. The lowest BCUT2D eigenvalue weighted by Crippen LogP contribution is -2.46. The minimum absolute atomic E-state index is 0.198. The first-order chi connectivity index (χ1) is 4.83. The van der Waals surface area contributed by atoms with E-state index in [4.69, 9.17) is 9.94 Å². The van der Waals surface area contributed by atoms with Crippen LogP contribution in [0.4, 0.5) is 0 Å². The van der Waals surface area contributed by atoms with Gasteiger partial charge < -0.3 is 5.11 Å². The van der Waals surface area contributed by atoms with E-state index in [2.05, 4.69) is 0 Å². The third-order valence-electron chi connectivity index (χ3n) is 1.20. The highest BCUT2D eigenvalue weighted by atomic mass is 16.7. The molecule has 0 aliphatic heterocycles. The molecule has 0 aliphatic carbocycles. The SMILES string of the molecule is CC(O)C[N+](C)(C)OC(C)C. The predicted octanol–water partition coefficient (Wildman–Crippen LogP) is 0.784. The average Bonchev–Trinajstić information content (AvgIpc) is 1.53. The van der Waals surface area contributed by atoms with E-state index >= 15 is 0 Å². The van der Waals surface area contributed by atoms with Crippen LogP contribution in [-0.4, -0.2) is 42.6 Å². The Morgan fingerprint density at radius 3 is 2.00 bits per heavy atom. The summed E-state index contributed by atoms with van der Waals surface area (Å²) in [5, 5.41) is 9.11. The van der Waals surface area contributed by atoms with Crippen LogP contribution in [0.3, 0.4) is 0 Å². The number of likely N-dealkylation sites (N-methyl/N-ethyl adjacent to an activating group) is 1. The molecule has 68 valence electrons. The van der Waals surface area contributed by atoms with Gasteiger partial charge in [0.1, 0.15) is 18.8 Å². The van der Waals surface area contributed by atoms with Crippen LogP contribution in [0.15, 0.2) is 0 Å². The van der Waals surface area contributed by atoms with Crippen LogP contribution < -0.4 is 0 Å². The van der Waals surface area contributed by atoms with Crippen LogP contribution in [-0.2, 0) is 4.84 Å². The van der Waals surface area contributed by atoms with Gasteiger partial charge in [0.25, 0.3) is 0 Å². The quantitative estimate of drug-likeness (QED) is 0.489. The number of rotatable bonds is 4. The third kappa shape index (κ3) is 6.28. The Kier molecular flexibility index (Phi) is 4.00. The largest absolute Gasteiger partial charge is 0.387 e. The van der Waals surface area contributed by atoms with Gasteiger partial charge in [0.15, 0.2) is 0 Å². The molecule has 1 unspecified atom stereocenters.